The van der Waals surface area contributed by atoms with E-state index >= 15 is 0 Å². The van der Waals surface area contributed by atoms with Crippen molar-refractivity contribution in [1.82, 2.24) is 14.9 Å². The molecule has 108 valence electrons. The highest BCUT2D eigenvalue weighted by atomic mass is 16.5. The first kappa shape index (κ1) is 13.2. The van der Waals surface area contributed by atoms with Crippen LogP contribution in [-0.4, -0.2) is 14.9 Å². The standard InChI is InChI=1S/C15H22N4O/c1-10(2)19-15(16)9-12(17-19)13-8-14(20-18-13)11-6-4-3-5-7-11/h8-11H,3-7,16H2,1-2H3. The summed E-state index contributed by atoms with van der Waals surface area (Å²) in [6, 6.07) is 4.14. The second-order valence-electron chi connectivity index (χ2n) is 5.94. The lowest BCUT2D eigenvalue weighted by Crippen LogP contribution is -2.06. The molecule has 0 saturated heterocycles. The maximum absolute atomic E-state index is 5.97. The molecule has 1 aliphatic carbocycles. The Balaban J connectivity index is 1.84. The highest BCUT2D eigenvalue weighted by molar-refractivity contribution is 5.58. The van der Waals surface area contributed by atoms with Gasteiger partial charge in [0.25, 0.3) is 0 Å². The van der Waals surface area contributed by atoms with Gasteiger partial charge in [0.1, 0.15) is 23.0 Å². The summed E-state index contributed by atoms with van der Waals surface area (Å²) in [4.78, 5) is 0. The summed E-state index contributed by atoms with van der Waals surface area (Å²) in [5, 5.41) is 8.68. The Morgan fingerprint density at radius 1 is 1.20 bits per heavy atom. The summed E-state index contributed by atoms with van der Waals surface area (Å²) in [5.74, 6) is 2.18. The van der Waals surface area contributed by atoms with Crippen molar-refractivity contribution in [2.24, 2.45) is 0 Å². The van der Waals surface area contributed by atoms with Crippen LogP contribution in [-0.2, 0) is 0 Å². The number of anilines is 1. The maximum atomic E-state index is 5.97. The van der Waals surface area contributed by atoms with Crippen LogP contribution in [0.5, 0.6) is 0 Å². The average Bonchev–Trinajstić information content (AvgIpc) is 3.06. The van der Waals surface area contributed by atoms with Crippen LogP contribution in [0.1, 0.15) is 63.7 Å². The summed E-state index contributed by atoms with van der Waals surface area (Å²) >= 11 is 0. The van der Waals surface area contributed by atoms with E-state index in [2.05, 4.69) is 24.1 Å². The van der Waals surface area contributed by atoms with E-state index in [1.807, 2.05) is 16.8 Å². The zero-order chi connectivity index (χ0) is 14.1. The van der Waals surface area contributed by atoms with E-state index in [0.717, 1.165) is 17.1 Å². The molecular formula is C15H22N4O. The van der Waals surface area contributed by atoms with E-state index in [4.69, 9.17) is 10.3 Å². The zero-order valence-electron chi connectivity index (χ0n) is 12.2. The van der Waals surface area contributed by atoms with E-state index in [1.54, 1.807) is 0 Å². The molecule has 1 saturated carbocycles. The number of rotatable bonds is 3. The number of nitrogens with two attached hydrogens (primary N) is 1. The van der Waals surface area contributed by atoms with Gasteiger partial charge in [-0.15, -0.1) is 0 Å². The molecule has 3 rings (SSSR count). The molecule has 5 heteroatoms. The van der Waals surface area contributed by atoms with Crippen molar-refractivity contribution >= 4 is 5.82 Å². The normalized spacial score (nSPS) is 16.9. The molecule has 0 amide bonds. The number of hydrogen-bond donors (Lipinski definition) is 1. The van der Waals surface area contributed by atoms with Gasteiger partial charge in [0.15, 0.2) is 0 Å². The Labute approximate surface area is 119 Å². The van der Waals surface area contributed by atoms with Crippen molar-refractivity contribution < 1.29 is 4.52 Å². The van der Waals surface area contributed by atoms with Crippen LogP contribution < -0.4 is 5.73 Å². The number of hydrogen-bond acceptors (Lipinski definition) is 4. The topological polar surface area (TPSA) is 69.9 Å². The van der Waals surface area contributed by atoms with Gasteiger partial charge >= 0.3 is 0 Å². The highest BCUT2D eigenvalue weighted by Gasteiger charge is 2.21. The lowest BCUT2D eigenvalue weighted by Gasteiger charge is -2.18. The molecule has 20 heavy (non-hydrogen) atoms. The minimum absolute atomic E-state index is 0.244. The molecule has 5 nitrogen and oxygen atoms in total. The fraction of sp³-hybridized carbons (Fsp3) is 0.600. The predicted octanol–water partition coefficient (Wildman–Crippen LogP) is 3.75. The third kappa shape index (κ3) is 2.44. The van der Waals surface area contributed by atoms with Crippen LogP contribution in [0, 0.1) is 0 Å². The first-order valence-electron chi connectivity index (χ1n) is 7.47. The summed E-state index contributed by atoms with van der Waals surface area (Å²) in [6.07, 6.45) is 6.33. The molecule has 0 spiro atoms. The third-order valence-electron chi connectivity index (χ3n) is 4.05. The second kappa shape index (κ2) is 5.31. The van der Waals surface area contributed by atoms with Crippen molar-refractivity contribution in [1.29, 1.82) is 0 Å². The number of nitrogen functional groups attached to an aromatic ring is 1. The number of aromatic nitrogens is 3. The van der Waals surface area contributed by atoms with E-state index < -0.39 is 0 Å². The van der Waals surface area contributed by atoms with Crippen LogP contribution in [0.4, 0.5) is 5.82 Å². The van der Waals surface area contributed by atoms with E-state index in [1.165, 1.54) is 32.1 Å². The Bertz CT molecular complexity index is 578. The molecule has 1 fully saturated rings. The molecule has 0 unspecified atom stereocenters. The molecule has 1 aliphatic rings. The van der Waals surface area contributed by atoms with Gasteiger partial charge in [-0.1, -0.05) is 24.4 Å². The molecular weight excluding hydrogens is 252 g/mol. The summed E-state index contributed by atoms with van der Waals surface area (Å²) in [5.41, 5.74) is 7.55. The van der Waals surface area contributed by atoms with Gasteiger partial charge in [-0.2, -0.15) is 5.10 Å². The summed E-state index contributed by atoms with van der Waals surface area (Å²) in [7, 11) is 0. The Morgan fingerprint density at radius 2 is 1.95 bits per heavy atom. The van der Waals surface area contributed by atoms with E-state index in [-0.39, 0.29) is 6.04 Å². The minimum atomic E-state index is 0.244. The molecule has 0 aromatic carbocycles. The third-order valence-corrected chi connectivity index (χ3v) is 4.05. The Hall–Kier alpha value is -1.78. The van der Waals surface area contributed by atoms with Gasteiger partial charge in [-0.05, 0) is 26.7 Å². The van der Waals surface area contributed by atoms with Crippen molar-refractivity contribution in [3.63, 3.8) is 0 Å². The lowest BCUT2D eigenvalue weighted by atomic mass is 9.87. The maximum Gasteiger partial charge on any atom is 0.140 e. The van der Waals surface area contributed by atoms with E-state index in [9.17, 15) is 0 Å². The van der Waals surface area contributed by atoms with Crippen LogP contribution >= 0.6 is 0 Å². The molecule has 0 aliphatic heterocycles. The van der Waals surface area contributed by atoms with Crippen molar-refractivity contribution in [2.75, 3.05) is 5.73 Å². The quantitative estimate of drug-likeness (QED) is 0.925. The summed E-state index contributed by atoms with van der Waals surface area (Å²) < 4.78 is 7.34. The van der Waals surface area contributed by atoms with Gasteiger partial charge in [0.2, 0.25) is 0 Å². The van der Waals surface area contributed by atoms with Gasteiger partial charge in [-0.3, -0.25) is 0 Å². The van der Waals surface area contributed by atoms with Crippen LogP contribution in [0.25, 0.3) is 11.4 Å². The predicted molar refractivity (Wildman–Crippen MR) is 78.3 cm³/mol. The molecule has 2 N–H and O–H groups in total. The van der Waals surface area contributed by atoms with Crippen LogP contribution in [0.15, 0.2) is 16.7 Å². The minimum Gasteiger partial charge on any atom is -0.384 e. The van der Waals surface area contributed by atoms with Gasteiger partial charge in [0.05, 0.1) is 0 Å². The second-order valence-corrected chi connectivity index (χ2v) is 5.94. The largest absolute Gasteiger partial charge is 0.384 e. The van der Waals surface area contributed by atoms with Crippen LogP contribution in [0.2, 0.25) is 0 Å². The van der Waals surface area contributed by atoms with Crippen molar-refractivity contribution in [3.8, 4) is 11.4 Å². The zero-order valence-corrected chi connectivity index (χ0v) is 12.2. The number of nitrogens with zero attached hydrogens (tertiary/aromatic N) is 3. The first-order valence-corrected chi connectivity index (χ1v) is 7.47. The molecule has 2 aromatic rings. The molecule has 2 heterocycles. The Kier molecular flexibility index (Phi) is 3.51. The Morgan fingerprint density at radius 3 is 2.60 bits per heavy atom. The fourth-order valence-corrected chi connectivity index (χ4v) is 2.94. The smallest absolute Gasteiger partial charge is 0.140 e. The van der Waals surface area contributed by atoms with Gasteiger partial charge < -0.3 is 10.3 Å². The average molecular weight is 274 g/mol. The molecule has 0 atom stereocenters. The first-order chi connectivity index (χ1) is 9.65. The molecule has 0 radical (unpaired) electrons. The van der Waals surface area contributed by atoms with E-state index in [0.29, 0.717) is 11.7 Å². The fourth-order valence-electron chi connectivity index (χ4n) is 2.94. The summed E-state index contributed by atoms with van der Waals surface area (Å²) in [6.45, 7) is 4.12. The van der Waals surface area contributed by atoms with Crippen molar-refractivity contribution in [2.45, 2.75) is 57.9 Å². The molecule has 2 aromatic heterocycles. The highest BCUT2D eigenvalue weighted by Crippen LogP contribution is 2.34. The SMILES string of the molecule is CC(C)n1nc(-c2cc(C3CCCCC3)on2)cc1N. The molecule has 0 bridgehead atoms. The lowest BCUT2D eigenvalue weighted by molar-refractivity contribution is 0.322. The van der Waals surface area contributed by atoms with Gasteiger partial charge in [0, 0.05) is 24.1 Å². The van der Waals surface area contributed by atoms with Crippen molar-refractivity contribution in [3.05, 3.63) is 17.9 Å². The monoisotopic (exact) mass is 274 g/mol. The van der Waals surface area contributed by atoms with Crippen LogP contribution in [0.3, 0.4) is 0 Å². The van der Waals surface area contributed by atoms with Gasteiger partial charge in [-0.25, -0.2) is 4.68 Å².